The van der Waals surface area contributed by atoms with Gasteiger partial charge >= 0.3 is 58.2 Å². The van der Waals surface area contributed by atoms with Crippen LogP contribution in [0.2, 0.25) is 0 Å². The molecule has 0 bridgehead atoms. The second-order valence-corrected chi connectivity index (χ2v) is 2.29. The third-order valence-corrected chi connectivity index (χ3v) is 1.51. The van der Waals surface area contributed by atoms with Crippen LogP contribution in [0, 0.1) is 6.54 Å². The molecule has 0 atom stereocenters. The van der Waals surface area contributed by atoms with Gasteiger partial charge in [0.1, 0.15) is 5.75 Å². The SMILES string of the molecule is COc1ccc(C[CH-]N)cc1.[Rb+]. The quantitative estimate of drug-likeness (QED) is 0.638. The molecule has 1 aromatic carbocycles. The van der Waals surface area contributed by atoms with Gasteiger partial charge in [0.2, 0.25) is 0 Å². The molecule has 0 aliphatic rings. The maximum absolute atomic E-state index is 5.27. The van der Waals surface area contributed by atoms with Gasteiger partial charge in [-0.05, 0) is 12.1 Å². The van der Waals surface area contributed by atoms with Crippen LogP contribution in [0.5, 0.6) is 5.75 Å². The monoisotopic (exact) mass is 235 g/mol. The van der Waals surface area contributed by atoms with Crippen molar-refractivity contribution in [2.24, 2.45) is 5.73 Å². The predicted molar refractivity (Wildman–Crippen MR) is 45.2 cm³/mol. The first-order chi connectivity index (χ1) is 5.36. The van der Waals surface area contributed by atoms with E-state index >= 15 is 0 Å². The number of hydrogen-bond donors (Lipinski definition) is 1. The van der Waals surface area contributed by atoms with E-state index in [0.29, 0.717) is 0 Å². The standard InChI is InChI=1S/C9H12NO.Rb/c1-11-9-4-2-8(3-5-9)6-7-10;/h2-5,7H,6,10H2,1H3;/q-1;+1. The average molecular weight is 236 g/mol. The molecule has 0 heterocycles. The van der Waals surface area contributed by atoms with E-state index in [2.05, 4.69) is 0 Å². The minimum absolute atomic E-state index is 0. The van der Waals surface area contributed by atoms with E-state index in [1.807, 2.05) is 24.3 Å². The molecule has 0 aliphatic carbocycles. The van der Waals surface area contributed by atoms with E-state index in [1.54, 1.807) is 13.7 Å². The minimum atomic E-state index is 0. The van der Waals surface area contributed by atoms with Gasteiger partial charge < -0.3 is 10.5 Å². The van der Waals surface area contributed by atoms with Crippen LogP contribution in [0.3, 0.4) is 0 Å². The Morgan fingerprint density at radius 3 is 2.33 bits per heavy atom. The third kappa shape index (κ3) is 4.14. The Morgan fingerprint density at radius 1 is 1.33 bits per heavy atom. The van der Waals surface area contributed by atoms with Gasteiger partial charge in [0.25, 0.3) is 0 Å². The molecule has 0 saturated carbocycles. The molecule has 0 fully saturated rings. The van der Waals surface area contributed by atoms with Crippen LogP contribution in [0.15, 0.2) is 24.3 Å². The fraction of sp³-hybridized carbons (Fsp3) is 0.222. The van der Waals surface area contributed by atoms with Gasteiger partial charge in [-0.2, -0.15) is 0 Å². The first-order valence-corrected chi connectivity index (χ1v) is 3.53. The number of rotatable bonds is 3. The largest absolute Gasteiger partial charge is 1.00 e. The van der Waals surface area contributed by atoms with E-state index in [1.165, 1.54) is 5.56 Å². The van der Waals surface area contributed by atoms with E-state index < -0.39 is 0 Å². The molecule has 0 aromatic heterocycles. The zero-order valence-corrected chi connectivity index (χ0v) is 12.5. The van der Waals surface area contributed by atoms with Crippen molar-refractivity contribution in [3.8, 4) is 5.75 Å². The summed E-state index contributed by atoms with van der Waals surface area (Å²) in [4.78, 5) is 0. The third-order valence-electron chi connectivity index (χ3n) is 1.51. The maximum Gasteiger partial charge on any atom is 1.00 e. The summed E-state index contributed by atoms with van der Waals surface area (Å²) in [6.07, 6.45) is 0.810. The molecule has 1 aromatic rings. The Hall–Kier alpha value is 0.785. The van der Waals surface area contributed by atoms with Crippen LogP contribution in [0.4, 0.5) is 0 Å². The number of ether oxygens (including phenoxy) is 1. The van der Waals surface area contributed by atoms with Crippen molar-refractivity contribution < 1.29 is 62.9 Å². The first-order valence-electron chi connectivity index (χ1n) is 3.53. The molecule has 1 rings (SSSR count). The second-order valence-electron chi connectivity index (χ2n) is 2.29. The Morgan fingerprint density at radius 2 is 1.92 bits per heavy atom. The molecule has 60 valence electrons. The van der Waals surface area contributed by atoms with Crippen molar-refractivity contribution in [3.05, 3.63) is 36.4 Å². The van der Waals surface area contributed by atoms with Gasteiger partial charge in [-0.15, -0.1) is 6.42 Å². The van der Waals surface area contributed by atoms with Gasteiger partial charge in [-0.3, -0.25) is 6.54 Å². The van der Waals surface area contributed by atoms with Gasteiger partial charge in [0.15, 0.2) is 0 Å². The summed E-state index contributed by atoms with van der Waals surface area (Å²) in [5.41, 5.74) is 6.48. The molecule has 0 saturated heterocycles. The summed E-state index contributed by atoms with van der Waals surface area (Å²) in [7, 11) is 1.66. The van der Waals surface area contributed by atoms with Crippen molar-refractivity contribution in [1.29, 1.82) is 0 Å². The van der Waals surface area contributed by atoms with E-state index in [9.17, 15) is 0 Å². The van der Waals surface area contributed by atoms with Crippen LogP contribution in [-0.2, 0) is 6.42 Å². The first kappa shape index (κ1) is 12.8. The van der Waals surface area contributed by atoms with Crippen molar-refractivity contribution in [1.82, 2.24) is 0 Å². The Bertz CT molecular complexity index is 210. The number of methoxy groups -OCH3 is 1. The number of hydrogen-bond acceptors (Lipinski definition) is 2. The molecule has 2 N–H and O–H groups in total. The fourth-order valence-electron chi connectivity index (χ4n) is 0.898. The Kier molecular flexibility index (Phi) is 7.69. The zero-order valence-electron chi connectivity index (χ0n) is 7.58. The van der Waals surface area contributed by atoms with Crippen LogP contribution in [-0.4, -0.2) is 7.11 Å². The normalized spacial score (nSPS) is 8.83. The van der Waals surface area contributed by atoms with Gasteiger partial charge in [-0.25, -0.2) is 0 Å². The molecular weight excluding hydrogens is 224 g/mol. The molecule has 0 aliphatic heterocycles. The van der Waals surface area contributed by atoms with Crippen molar-refractivity contribution in [2.45, 2.75) is 6.42 Å². The molecule has 0 amide bonds. The smallest absolute Gasteiger partial charge is 0.497 e. The van der Waals surface area contributed by atoms with Crippen LogP contribution >= 0.6 is 0 Å². The summed E-state index contributed by atoms with van der Waals surface area (Å²) in [5, 5.41) is 0. The fourth-order valence-corrected chi connectivity index (χ4v) is 0.898. The second kappa shape index (κ2) is 7.21. The predicted octanol–water partition coefficient (Wildman–Crippen LogP) is -1.64. The molecule has 2 nitrogen and oxygen atoms in total. The summed E-state index contributed by atoms with van der Waals surface area (Å²) in [6, 6.07) is 7.86. The summed E-state index contributed by atoms with van der Waals surface area (Å²) < 4.78 is 5.01. The van der Waals surface area contributed by atoms with Gasteiger partial charge in [0.05, 0.1) is 7.11 Å². The molecule has 0 unspecified atom stereocenters. The molecule has 0 radical (unpaired) electrons. The average Bonchev–Trinajstić information content (AvgIpc) is 2.07. The summed E-state index contributed by atoms with van der Waals surface area (Å²) >= 11 is 0. The van der Waals surface area contributed by atoms with E-state index in [4.69, 9.17) is 10.5 Å². The zero-order chi connectivity index (χ0) is 8.10. The van der Waals surface area contributed by atoms with Crippen LogP contribution < -0.4 is 68.7 Å². The van der Waals surface area contributed by atoms with Crippen molar-refractivity contribution in [3.63, 3.8) is 0 Å². The van der Waals surface area contributed by atoms with Gasteiger partial charge in [-0.1, -0.05) is 17.7 Å². The molecule has 3 heteroatoms. The summed E-state index contributed by atoms with van der Waals surface area (Å²) in [5.74, 6) is 0.880. The molecular formula is C9H12NORb. The minimum Gasteiger partial charge on any atom is -0.497 e. The summed E-state index contributed by atoms with van der Waals surface area (Å²) in [6.45, 7) is 1.64. The number of nitrogens with two attached hydrogens (primary N) is 1. The van der Waals surface area contributed by atoms with Gasteiger partial charge in [0, 0.05) is 0 Å². The van der Waals surface area contributed by atoms with E-state index in [0.717, 1.165) is 12.2 Å². The van der Waals surface area contributed by atoms with Crippen LogP contribution in [0.25, 0.3) is 0 Å². The Labute approximate surface area is 122 Å². The van der Waals surface area contributed by atoms with Crippen LogP contribution in [0.1, 0.15) is 5.56 Å². The van der Waals surface area contributed by atoms with Crippen molar-refractivity contribution >= 4 is 0 Å². The molecule has 0 spiro atoms. The number of benzene rings is 1. The Balaban J connectivity index is 0.00000121. The van der Waals surface area contributed by atoms with Crippen molar-refractivity contribution in [2.75, 3.05) is 7.11 Å². The molecule has 12 heavy (non-hydrogen) atoms. The topological polar surface area (TPSA) is 35.2 Å². The van der Waals surface area contributed by atoms with E-state index in [-0.39, 0.29) is 58.2 Å². The maximum atomic E-state index is 5.27.